The molecule has 0 radical (unpaired) electrons. The van der Waals surface area contributed by atoms with Gasteiger partial charge < -0.3 is 0 Å². The monoisotopic (exact) mass is 351 g/mol. The van der Waals surface area contributed by atoms with Gasteiger partial charge in [0.2, 0.25) is 0 Å². The van der Waals surface area contributed by atoms with Gasteiger partial charge >= 0.3 is 0 Å². The van der Waals surface area contributed by atoms with E-state index in [1.165, 1.54) is 0 Å². The standard InChI is InChI=1S/C7H2Cl2F2INO/c8-3-2(6(9)14)1-13-5(4(3)12)7(10)11/h1,7H. The van der Waals surface area contributed by atoms with Crippen molar-refractivity contribution in [2.45, 2.75) is 6.43 Å². The molecule has 0 spiro atoms. The zero-order valence-corrected chi connectivity index (χ0v) is 10.1. The smallest absolute Gasteiger partial charge is 0.275 e. The number of halogens is 5. The lowest BCUT2D eigenvalue weighted by atomic mass is 10.2. The highest BCUT2D eigenvalue weighted by Crippen LogP contribution is 2.30. The first-order valence-corrected chi connectivity index (χ1v) is 5.10. The van der Waals surface area contributed by atoms with Gasteiger partial charge in [-0.05, 0) is 34.2 Å². The first-order chi connectivity index (χ1) is 6.45. The first-order valence-electron chi connectivity index (χ1n) is 3.27. The normalized spacial score (nSPS) is 10.7. The fourth-order valence-electron chi connectivity index (χ4n) is 0.767. The van der Waals surface area contributed by atoms with Crippen LogP contribution in [-0.2, 0) is 0 Å². The maximum absolute atomic E-state index is 12.3. The summed E-state index contributed by atoms with van der Waals surface area (Å²) in [6, 6.07) is 0. The number of hydrogen-bond acceptors (Lipinski definition) is 2. The van der Waals surface area contributed by atoms with Crippen LogP contribution in [0.5, 0.6) is 0 Å². The zero-order chi connectivity index (χ0) is 10.9. The van der Waals surface area contributed by atoms with E-state index in [0.717, 1.165) is 6.20 Å². The second kappa shape index (κ2) is 4.67. The molecule has 0 unspecified atom stereocenters. The predicted octanol–water partition coefficient (Wildman–Crippen LogP) is 3.66. The van der Waals surface area contributed by atoms with Crippen molar-refractivity contribution in [3.63, 3.8) is 0 Å². The van der Waals surface area contributed by atoms with E-state index in [9.17, 15) is 13.6 Å². The molecule has 7 heteroatoms. The van der Waals surface area contributed by atoms with Crippen LogP contribution in [0.3, 0.4) is 0 Å². The Morgan fingerprint density at radius 1 is 1.57 bits per heavy atom. The average Bonchev–Trinajstić information content (AvgIpc) is 2.08. The minimum atomic E-state index is -2.72. The Morgan fingerprint density at radius 2 is 2.14 bits per heavy atom. The molecule has 1 aromatic rings. The van der Waals surface area contributed by atoms with Crippen LogP contribution in [0.2, 0.25) is 5.02 Å². The minimum Gasteiger partial charge on any atom is -0.275 e. The summed E-state index contributed by atoms with van der Waals surface area (Å²) in [5, 5.41) is -0.905. The molecule has 0 aliphatic carbocycles. The number of aromatic nitrogens is 1. The Kier molecular flexibility index (Phi) is 4.03. The van der Waals surface area contributed by atoms with Gasteiger partial charge in [0.1, 0.15) is 5.69 Å². The highest BCUT2D eigenvalue weighted by atomic mass is 127. The summed E-state index contributed by atoms with van der Waals surface area (Å²) >= 11 is 12.4. The van der Waals surface area contributed by atoms with Crippen molar-refractivity contribution in [2.24, 2.45) is 0 Å². The summed E-state index contributed by atoms with van der Waals surface area (Å²) in [6.07, 6.45) is -1.78. The Balaban J connectivity index is 3.33. The van der Waals surface area contributed by atoms with Gasteiger partial charge in [-0.3, -0.25) is 9.78 Å². The van der Waals surface area contributed by atoms with Gasteiger partial charge in [0, 0.05) is 6.20 Å². The summed E-state index contributed by atoms with van der Waals surface area (Å²) in [7, 11) is 0. The van der Waals surface area contributed by atoms with Crippen LogP contribution in [0, 0.1) is 3.57 Å². The van der Waals surface area contributed by atoms with Crippen molar-refractivity contribution < 1.29 is 13.6 Å². The van der Waals surface area contributed by atoms with E-state index in [4.69, 9.17) is 23.2 Å². The molecule has 1 rings (SSSR count). The lowest BCUT2D eigenvalue weighted by molar-refractivity contribution is 0.108. The van der Waals surface area contributed by atoms with E-state index in [0.29, 0.717) is 0 Å². The zero-order valence-electron chi connectivity index (χ0n) is 6.40. The molecule has 2 nitrogen and oxygen atoms in total. The van der Waals surface area contributed by atoms with E-state index in [1.807, 2.05) is 0 Å². The van der Waals surface area contributed by atoms with E-state index < -0.39 is 17.4 Å². The maximum atomic E-state index is 12.3. The van der Waals surface area contributed by atoms with E-state index in [2.05, 4.69) is 4.98 Å². The number of alkyl halides is 2. The van der Waals surface area contributed by atoms with Crippen LogP contribution >= 0.6 is 45.8 Å². The van der Waals surface area contributed by atoms with Crippen molar-refractivity contribution in [3.05, 3.63) is 26.0 Å². The number of hydrogen-bond donors (Lipinski definition) is 0. The van der Waals surface area contributed by atoms with Gasteiger partial charge in [-0.25, -0.2) is 8.78 Å². The van der Waals surface area contributed by atoms with Gasteiger partial charge in [0.15, 0.2) is 0 Å². The summed E-state index contributed by atoms with van der Waals surface area (Å²) in [4.78, 5) is 14.2. The topological polar surface area (TPSA) is 30.0 Å². The lowest BCUT2D eigenvalue weighted by Gasteiger charge is -2.05. The van der Waals surface area contributed by atoms with Crippen LogP contribution in [0.4, 0.5) is 8.78 Å². The molecule has 0 bridgehead atoms. The first kappa shape index (κ1) is 12.1. The summed E-state index contributed by atoms with van der Waals surface area (Å²) in [5.74, 6) is 0. The van der Waals surface area contributed by atoms with Gasteiger partial charge in [0.05, 0.1) is 14.2 Å². The van der Waals surface area contributed by atoms with Crippen molar-refractivity contribution in [2.75, 3.05) is 0 Å². The largest absolute Gasteiger partial charge is 0.281 e. The van der Waals surface area contributed by atoms with Crippen LogP contribution in [0.15, 0.2) is 6.20 Å². The molecule has 0 atom stereocenters. The van der Waals surface area contributed by atoms with Crippen LogP contribution < -0.4 is 0 Å². The fourth-order valence-corrected chi connectivity index (χ4v) is 1.86. The molecular formula is C7H2Cl2F2INO. The third-order valence-electron chi connectivity index (χ3n) is 1.41. The average molecular weight is 352 g/mol. The number of rotatable bonds is 2. The highest BCUT2D eigenvalue weighted by Gasteiger charge is 2.20. The molecule has 0 aliphatic rings. The van der Waals surface area contributed by atoms with Crippen molar-refractivity contribution in [3.8, 4) is 0 Å². The molecule has 76 valence electrons. The molecule has 1 aromatic heterocycles. The van der Waals surface area contributed by atoms with Crippen molar-refractivity contribution >= 4 is 51.0 Å². The molecular weight excluding hydrogens is 350 g/mol. The minimum absolute atomic E-state index is 0.0470. The SMILES string of the molecule is O=C(Cl)c1cnc(C(F)F)c(I)c1Cl. The van der Waals surface area contributed by atoms with E-state index in [1.54, 1.807) is 22.6 Å². The maximum Gasteiger partial charge on any atom is 0.281 e. The molecule has 0 amide bonds. The highest BCUT2D eigenvalue weighted by molar-refractivity contribution is 14.1. The molecule has 1 heterocycles. The molecule has 0 N–H and O–H groups in total. The van der Waals surface area contributed by atoms with Gasteiger partial charge in [-0.15, -0.1) is 0 Å². The third kappa shape index (κ3) is 2.32. The second-order valence-electron chi connectivity index (χ2n) is 2.26. The predicted molar refractivity (Wildman–Crippen MR) is 57.1 cm³/mol. The van der Waals surface area contributed by atoms with Crippen molar-refractivity contribution in [1.82, 2.24) is 4.98 Å². The van der Waals surface area contributed by atoms with E-state index >= 15 is 0 Å². The molecule has 0 saturated carbocycles. The lowest BCUT2D eigenvalue weighted by Crippen LogP contribution is -2.01. The summed E-state index contributed by atoms with van der Waals surface area (Å²) in [5.41, 5.74) is -0.514. The summed E-state index contributed by atoms with van der Waals surface area (Å²) in [6.45, 7) is 0. The molecule has 0 saturated heterocycles. The Labute approximate surface area is 102 Å². The fraction of sp³-hybridized carbons (Fsp3) is 0.143. The van der Waals surface area contributed by atoms with Crippen molar-refractivity contribution in [1.29, 1.82) is 0 Å². The van der Waals surface area contributed by atoms with Gasteiger partial charge in [-0.2, -0.15) is 0 Å². The number of carbonyl (C=O) groups is 1. The molecule has 0 aromatic carbocycles. The van der Waals surface area contributed by atoms with Gasteiger partial charge in [0.25, 0.3) is 11.7 Å². The number of nitrogens with zero attached hydrogens (tertiary/aromatic N) is 1. The molecule has 0 aliphatic heterocycles. The Bertz CT molecular complexity index is 386. The Morgan fingerprint density at radius 3 is 2.57 bits per heavy atom. The van der Waals surface area contributed by atoms with Gasteiger partial charge in [-0.1, -0.05) is 11.6 Å². The van der Waals surface area contributed by atoms with Crippen LogP contribution in [0.1, 0.15) is 22.5 Å². The van der Waals surface area contributed by atoms with E-state index in [-0.39, 0.29) is 14.2 Å². The number of carbonyl (C=O) groups excluding carboxylic acids is 1. The quantitative estimate of drug-likeness (QED) is 0.601. The summed E-state index contributed by atoms with van der Waals surface area (Å²) < 4.78 is 24.6. The van der Waals surface area contributed by atoms with Crippen LogP contribution in [0.25, 0.3) is 0 Å². The second-order valence-corrected chi connectivity index (χ2v) is 4.06. The third-order valence-corrected chi connectivity index (χ3v) is 3.41. The Hall–Kier alpha value is -0.0100. The van der Waals surface area contributed by atoms with Crippen LogP contribution in [-0.4, -0.2) is 10.2 Å². The molecule has 14 heavy (non-hydrogen) atoms. The molecule has 0 fully saturated rings. The number of pyridine rings is 1.